The number of pyridine rings is 1. The zero-order valence-electron chi connectivity index (χ0n) is 16.9. The predicted octanol–water partition coefficient (Wildman–Crippen LogP) is 2.68. The Morgan fingerprint density at radius 1 is 0.935 bits per heavy atom. The average molecular weight is 411 g/mol. The highest BCUT2D eigenvalue weighted by molar-refractivity contribution is 5.94. The first-order valence-electron chi connectivity index (χ1n) is 10.2. The normalized spacial score (nSPS) is 13.1. The van der Waals surface area contributed by atoms with Gasteiger partial charge >= 0.3 is 0 Å². The summed E-state index contributed by atoms with van der Waals surface area (Å²) in [4.78, 5) is 27.5. The maximum atomic E-state index is 13.1. The third-order valence-corrected chi connectivity index (χ3v) is 5.63. The highest BCUT2D eigenvalue weighted by Gasteiger charge is 2.23. The van der Waals surface area contributed by atoms with Gasteiger partial charge in [-0.15, -0.1) is 10.2 Å². The topological polar surface area (TPSA) is 73.0 Å². The number of amides is 1. The molecule has 1 aliphatic heterocycles. The smallest absolute Gasteiger partial charge is 0.254 e. The van der Waals surface area contributed by atoms with E-state index in [1.807, 2.05) is 65.7 Å². The lowest BCUT2D eigenvalue weighted by Crippen LogP contribution is -2.37. The monoisotopic (exact) mass is 411 g/mol. The fourth-order valence-corrected chi connectivity index (χ4v) is 3.94. The minimum absolute atomic E-state index is 0.00744. The molecule has 5 rings (SSSR count). The molecule has 7 nitrogen and oxygen atoms in total. The summed E-state index contributed by atoms with van der Waals surface area (Å²) >= 11 is 0. The van der Waals surface area contributed by atoms with Gasteiger partial charge in [-0.1, -0.05) is 30.3 Å². The molecule has 0 atom stereocenters. The van der Waals surface area contributed by atoms with Crippen LogP contribution < -0.4 is 5.56 Å². The van der Waals surface area contributed by atoms with Gasteiger partial charge in [0.15, 0.2) is 0 Å². The second-order valence-corrected chi connectivity index (χ2v) is 7.67. The van der Waals surface area contributed by atoms with Gasteiger partial charge in [0.05, 0.1) is 6.54 Å². The van der Waals surface area contributed by atoms with Crippen LogP contribution in [0.1, 0.15) is 27.0 Å². The van der Waals surface area contributed by atoms with E-state index in [1.165, 1.54) is 0 Å². The van der Waals surface area contributed by atoms with Crippen LogP contribution in [0.15, 0.2) is 84.3 Å². The van der Waals surface area contributed by atoms with Crippen LogP contribution in [-0.2, 0) is 19.5 Å². The molecule has 0 aliphatic carbocycles. The summed E-state index contributed by atoms with van der Waals surface area (Å²) in [6, 6.07) is 19.0. The second-order valence-electron chi connectivity index (χ2n) is 7.67. The molecule has 0 radical (unpaired) electrons. The fraction of sp³-hybridized carbons (Fsp3) is 0.167. The van der Waals surface area contributed by atoms with Crippen LogP contribution >= 0.6 is 0 Å². The molecule has 7 heteroatoms. The molecule has 3 heterocycles. The van der Waals surface area contributed by atoms with Crippen molar-refractivity contribution in [2.75, 3.05) is 6.54 Å². The Bertz CT molecular complexity index is 1260. The molecule has 1 amide bonds. The van der Waals surface area contributed by atoms with Gasteiger partial charge in [0.2, 0.25) is 0 Å². The van der Waals surface area contributed by atoms with E-state index in [9.17, 15) is 9.59 Å². The number of carbonyl (C=O) groups is 1. The molecule has 0 spiro atoms. The Kier molecular flexibility index (Phi) is 4.92. The Labute approximate surface area is 179 Å². The van der Waals surface area contributed by atoms with E-state index in [4.69, 9.17) is 0 Å². The summed E-state index contributed by atoms with van der Waals surface area (Å²) in [6.07, 6.45) is 5.82. The van der Waals surface area contributed by atoms with E-state index in [-0.39, 0.29) is 11.5 Å². The molecular formula is C24H21N5O2. The molecule has 154 valence electrons. The number of aromatic nitrogens is 4. The number of hydrogen-bond donors (Lipinski definition) is 0. The molecule has 2 aromatic carbocycles. The summed E-state index contributed by atoms with van der Waals surface area (Å²) < 4.78 is 3.51. The van der Waals surface area contributed by atoms with Crippen LogP contribution in [-0.4, -0.2) is 36.7 Å². The van der Waals surface area contributed by atoms with Crippen molar-refractivity contribution in [2.45, 2.75) is 19.5 Å². The van der Waals surface area contributed by atoms with Crippen molar-refractivity contribution >= 4 is 5.91 Å². The van der Waals surface area contributed by atoms with Gasteiger partial charge in [0, 0.05) is 36.6 Å². The maximum Gasteiger partial charge on any atom is 0.254 e. The molecular weight excluding hydrogens is 390 g/mol. The molecule has 2 aromatic heterocycles. The van der Waals surface area contributed by atoms with Crippen LogP contribution in [0.3, 0.4) is 0 Å². The third-order valence-electron chi connectivity index (χ3n) is 5.63. The van der Waals surface area contributed by atoms with Gasteiger partial charge in [-0.2, -0.15) is 0 Å². The Balaban J connectivity index is 1.35. The first-order chi connectivity index (χ1) is 15.2. The van der Waals surface area contributed by atoms with E-state index in [0.717, 1.165) is 22.4 Å². The van der Waals surface area contributed by atoms with Crippen LogP contribution in [0.2, 0.25) is 0 Å². The highest BCUT2D eigenvalue weighted by atomic mass is 16.2. The van der Waals surface area contributed by atoms with Crippen LogP contribution in [0.4, 0.5) is 0 Å². The van der Waals surface area contributed by atoms with E-state index in [1.54, 1.807) is 27.9 Å². The minimum Gasteiger partial charge on any atom is -0.334 e. The zero-order valence-corrected chi connectivity index (χ0v) is 16.9. The molecule has 4 aromatic rings. The number of fused-ring (bicyclic) bond motifs is 1. The van der Waals surface area contributed by atoms with Gasteiger partial charge in [-0.25, -0.2) is 0 Å². The minimum atomic E-state index is -0.0123. The van der Waals surface area contributed by atoms with E-state index in [2.05, 4.69) is 10.2 Å². The Hall–Kier alpha value is -4.00. The van der Waals surface area contributed by atoms with Gasteiger partial charge in [0.1, 0.15) is 12.7 Å². The number of hydrogen-bond acceptors (Lipinski definition) is 4. The van der Waals surface area contributed by atoms with Crippen LogP contribution in [0.5, 0.6) is 0 Å². The third kappa shape index (κ3) is 3.90. The molecule has 0 bridgehead atoms. The van der Waals surface area contributed by atoms with E-state index >= 15 is 0 Å². The lowest BCUT2D eigenvalue weighted by atomic mass is 10.0. The molecule has 0 saturated carbocycles. The highest BCUT2D eigenvalue weighted by Crippen LogP contribution is 2.20. The molecule has 0 fully saturated rings. The van der Waals surface area contributed by atoms with E-state index in [0.29, 0.717) is 31.6 Å². The van der Waals surface area contributed by atoms with Crippen LogP contribution in [0.25, 0.3) is 5.69 Å². The summed E-state index contributed by atoms with van der Waals surface area (Å²) in [7, 11) is 0. The molecule has 0 N–H and O–H groups in total. The van der Waals surface area contributed by atoms with Crippen molar-refractivity contribution in [3.63, 3.8) is 0 Å². The largest absolute Gasteiger partial charge is 0.334 e. The average Bonchev–Trinajstić information content (AvgIpc) is 3.35. The van der Waals surface area contributed by atoms with Crippen molar-refractivity contribution in [3.05, 3.63) is 112 Å². The summed E-state index contributed by atoms with van der Waals surface area (Å²) in [6.45, 7) is 1.61. The van der Waals surface area contributed by atoms with Gasteiger partial charge in [-0.3, -0.25) is 14.2 Å². The number of benzene rings is 2. The summed E-state index contributed by atoms with van der Waals surface area (Å²) in [5.74, 6) is -0.0123. The van der Waals surface area contributed by atoms with Crippen molar-refractivity contribution in [2.24, 2.45) is 0 Å². The molecule has 31 heavy (non-hydrogen) atoms. The fourth-order valence-electron chi connectivity index (χ4n) is 3.94. The second kappa shape index (κ2) is 8.02. The van der Waals surface area contributed by atoms with Crippen molar-refractivity contribution in [1.82, 2.24) is 24.2 Å². The Morgan fingerprint density at radius 2 is 1.68 bits per heavy atom. The standard InChI is InChI=1S/C24H21N5O2/c30-23-12-20-10-11-27(14-21(20)15-28(23)13-18-4-2-1-3-5-18)24(31)19-6-8-22(9-7-19)29-16-25-26-17-29/h1-9,12,15-17H,10-11,13-14H2. The lowest BCUT2D eigenvalue weighted by molar-refractivity contribution is 0.0734. The van der Waals surface area contributed by atoms with Crippen molar-refractivity contribution in [1.29, 1.82) is 0 Å². The summed E-state index contributed by atoms with van der Waals surface area (Å²) in [5, 5.41) is 7.61. The first kappa shape index (κ1) is 19.0. The van der Waals surface area contributed by atoms with Crippen molar-refractivity contribution in [3.8, 4) is 5.69 Å². The maximum absolute atomic E-state index is 13.1. The van der Waals surface area contributed by atoms with Gasteiger partial charge in [-0.05, 0) is 47.4 Å². The van der Waals surface area contributed by atoms with Gasteiger partial charge < -0.3 is 9.47 Å². The van der Waals surface area contributed by atoms with Crippen molar-refractivity contribution < 1.29 is 4.79 Å². The molecule has 0 saturated heterocycles. The van der Waals surface area contributed by atoms with Crippen LogP contribution in [0, 0.1) is 0 Å². The SMILES string of the molecule is O=C(c1ccc(-n2cnnc2)cc1)N1CCc2cc(=O)n(Cc3ccccc3)cc2C1. The quantitative estimate of drug-likeness (QED) is 0.518. The lowest BCUT2D eigenvalue weighted by Gasteiger charge is -2.29. The zero-order chi connectivity index (χ0) is 21.2. The number of rotatable bonds is 4. The predicted molar refractivity (Wildman–Crippen MR) is 116 cm³/mol. The number of nitrogens with zero attached hydrogens (tertiary/aromatic N) is 5. The Morgan fingerprint density at radius 3 is 2.42 bits per heavy atom. The molecule has 1 aliphatic rings. The molecule has 0 unspecified atom stereocenters. The van der Waals surface area contributed by atoms with Gasteiger partial charge in [0.25, 0.3) is 11.5 Å². The number of carbonyl (C=O) groups excluding carboxylic acids is 1. The summed E-state index contributed by atoms with van der Waals surface area (Å²) in [5.41, 5.74) is 4.65. The first-order valence-corrected chi connectivity index (χ1v) is 10.2. The van der Waals surface area contributed by atoms with E-state index < -0.39 is 0 Å².